The van der Waals surface area contributed by atoms with Gasteiger partial charge in [-0.05, 0) is 18.2 Å². The molecule has 0 saturated heterocycles. The smallest absolute Gasteiger partial charge is 0.301 e. The van der Waals surface area contributed by atoms with E-state index in [2.05, 4.69) is 20.5 Å². The number of benzene rings is 2. The third kappa shape index (κ3) is 4.54. The largest absolute Gasteiger partial charge is 0.346 e. The van der Waals surface area contributed by atoms with Crippen LogP contribution in [0.5, 0.6) is 0 Å². The molecule has 0 aliphatic heterocycles. The Morgan fingerprint density at radius 3 is 2.52 bits per heavy atom. The van der Waals surface area contributed by atoms with E-state index in [0.717, 1.165) is 0 Å². The summed E-state index contributed by atoms with van der Waals surface area (Å²) in [7, 11) is 0. The predicted molar refractivity (Wildman–Crippen MR) is 107 cm³/mol. The molecule has 0 aliphatic rings. The number of halogens is 3. The lowest BCUT2D eigenvalue weighted by Crippen LogP contribution is -2.24. The van der Waals surface area contributed by atoms with Crippen LogP contribution >= 0.6 is 34.8 Å². The molecule has 0 radical (unpaired) electrons. The lowest BCUT2D eigenvalue weighted by Gasteiger charge is -2.05. The zero-order chi connectivity index (χ0) is 19.4. The Hall–Kier alpha value is -2.67. The minimum Gasteiger partial charge on any atom is -0.301 e. The van der Waals surface area contributed by atoms with Gasteiger partial charge in [0.1, 0.15) is 5.69 Å². The van der Waals surface area contributed by atoms with E-state index in [4.69, 9.17) is 34.8 Å². The second-order valence-electron chi connectivity index (χ2n) is 5.31. The molecule has 0 saturated carbocycles. The summed E-state index contributed by atoms with van der Waals surface area (Å²) in [6, 6.07) is 13.6. The summed E-state index contributed by atoms with van der Waals surface area (Å²) in [6.07, 6.45) is 1.27. The van der Waals surface area contributed by atoms with Crippen LogP contribution in [0.2, 0.25) is 15.1 Å². The van der Waals surface area contributed by atoms with Gasteiger partial charge in [0.05, 0.1) is 27.0 Å². The van der Waals surface area contributed by atoms with E-state index < -0.39 is 11.6 Å². The van der Waals surface area contributed by atoms with Gasteiger partial charge in [0.25, 0.3) is 5.91 Å². The normalized spacial score (nSPS) is 10.9. The van der Waals surface area contributed by atoms with Gasteiger partial charge in [-0.3, -0.25) is 4.79 Å². The van der Waals surface area contributed by atoms with E-state index in [9.17, 15) is 9.59 Å². The summed E-state index contributed by atoms with van der Waals surface area (Å²) in [5.41, 5.74) is 3.10. The first-order valence-corrected chi connectivity index (χ1v) is 8.73. The predicted octanol–water partition coefficient (Wildman–Crippen LogP) is 4.16. The van der Waals surface area contributed by atoms with E-state index in [1.165, 1.54) is 12.3 Å². The number of amides is 1. The number of hydrogen-bond acceptors (Lipinski definition) is 4. The van der Waals surface area contributed by atoms with Crippen molar-refractivity contribution in [3.63, 3.8) is 0 Å². The summed E-state index contributed by atoms with van der Waals surface area (Å²) in [4.78, 5) is 30.3. The minimum absolute atomic E-state index is 0.00860. The molecule has 2 aromatic carbocycles. The topological polar surface area (TPSA) is 87.2 Å². The van der Waals surface area contributed by atoms with Crippen molar-refractivity contribution in [2.75, 3.05) is 0 Å². The van der Waals surface area contributed by atoms with E-state index in [1.807, 2.05) is 6.07 Å². The van der Waals surface area contributed by atoms with Crippen LogP contribution in [-0.4, -0.2) is 22.1 Å². The molecule has 2 N–H and O–H groups in total. The molecule has 3 aromatic rings. The molecule has 6 nitrogen and oxygen atoms in total. The number of H-pyrrole nitrogens is 1. The molecule has 0 spiro atoms. The van der Waals surface area contributed by atoms with Crippen LogP contribution in [-0.2, 0) is 0 Å². The Bertz CT molecular complexity index is 1080. The van der Waals surface area contributed by atoms with E-state index in [1.54, 1.807) is 36.4 Å². The van der Waals surface area contributed by atoms with Crippen LogP contribution in [0.3, 0.4) is 0 Å². The second kappa shape index (κ2) is 8.35. The number of nitrogens with one attached hydrogen (secondary N) is 2. The van der Waals surface area contributed by atoms with Crippen molar-refractivity contribution in [1.82, 2.24) is 15.4 Å². The Kier molecular flexibility index (Phi) is 5.91. The monoisotopic (exact) mass is 420 g/mol. The fourth-order valence-corrected chi connectivity index (χ4v) is 2.85. The number of hydrogen-bond donors (Lipinski definition) is 2. The fourth-order valence-electron chi connectivity index (χ4n) is 2.21. The maximum Gasteiger partial charge on any atom is 0.346 e. The first-order chi connectivity index (χ1) is 13.0. The lowest BCUT2D eigenvalue weighted by molar-refractivity contribution is 0.0949. The molecule has 136 valence electrons. The van der Waals surface area contributed by atoms with Crippen molar-refractivity contribution in [3.8, 4) is 11.3 Å². The third-order valence-electron chi connectivity index (χ3n) is 3.50. The fraction of sp³-hybridized carbons (Fsp3) is 0. The SMILES string of the molecule is O=C(N/N=C/c1c(Cl)ccc(Cl)c1Cl)c1cc(-c2ccccc2)nc(=O)[nH]1. The first kappa shape index (κ1) is 19.1. The highest BCUT2D eigenvalue weighted by molar-refractivity contribution is 6.45. The van der Waals surface area contributed by atoms with Crippen molar-refractivity contribution in [1.29, 1.82) is 0 Å². The standard InChI is InChI=1S/C18H11Cl3N4O2/c19-12-6-7-13(20)16(21)11(12)9-22-25-17(26)15-8-14(23-18(27)24-15)10-4-2-1-3-5-10/h1-9H,(H,25,26)(H,23,24,27)/b22-9+. The van der Waals surface area contributed by atoms with Crippen molar-refractivity contribution in [2.24, 2.45) is 5.10 Å². The minimum atomic E-state index is -0.647. The first-order valence-electron chi connectivity index (χ1n) is 7.59. The Morgan fingerprint density at radius 1 is 1.07 bits per heavy atom. The number of aromatic nitrogens is 2. The maximum atomic E-state index is 12.3. The highest BCUT2D eigenvalue weighted by atomic mass is 35.5. The molecule has 1 heterocycles. The van der Waals surface area contributed by atoms with E-state index in [0.29, 0.717) is 26.9 Å². The summed E-state index contributed by atoms with van der Waals surface area (Å²) >= 11 is 18.0. The van der Waals surface area contributed by atoms with Gasteiger partial charge in [0.2, 0.25) is 0 Å². The van der Waals surface area contributed by atoms with Crippen LogP contribution in [0.25, 0.3) is 11.3 Å². The average Bonchev–Trinajstić information content (AvgIpc) is 2.67. The number of nitrogens with zero attached hydrogens (tertiary/aromatic N) is 2. The molecular formula is C18H11Cl3N4O2. The molecule has 3 rings (SSSR count). The molecule has 0 atom stereocenters. The van der Waals surface area contributed by atoms with E-state index in [-0.39, 0.29) is 10.7 Å². The molecule has 9 heteroatoms. The summed E-state index contributed by atoms with van der Waals surface area (Å²) in [6.45, 7) is 0. The van der Waals surface area contributed by atoms with Crippen LogP contribution in [0.15, 0.2) is 58.4 Å². The number of aromatic amines is 1. The Morgan fingerprint density at radius 2 is 1.78 bits per heavy atom. The average molecular weight is 422 g/mol. The number of carbonyl (C=O) groups excluding carboxylic acids is 1. The highest BCUT2D eigenvalue weighted by Crippen LogP contribution is 2.29. The van der Waals surface area contributed by atoms with Gasteiger partial charge in [-0.15, -0.1) is 0 Å². The summed E-state index contributed by atoms with van der Waals surface area (Å²) < 4.78 is 0. The molecule has 0 aliphatic carbocycles. The number of hydrazone groups is 1. The Labute approximate surface area is 168 Å². The highest BCUT2D eigenvalue weighted by Gasteiger charge is 2.11. The Balaban J connectivity index is 1.82. The second-order valence-corrected chi connectivity index (χ2v) is 6.50. The van der Waals surface area contributed by atoms with Crippen molar-refractivity contribution in [2.45, 2.75) is 0 Å². The van der Waals surface area contributed by atoms with Gasteiger partial charge in [-0.2, -0.15) is 10.1 Å². The van der Waals surface area contributed by atoms with E-state index >= 15 is 0 Å². The molecule has 0 bridgehead atoms. The summed E-state index contributed by atoms with van der Waals surface area (Å²) in [5, 5.41) is 4.66. The van der Waals surface area contributed by atoms with Crippen LogP contribution in [0.4, 0.5) is 0 Å². The zero-order valence-corrected chi connectivity index (χ0v) is 15.8. The summed E-state index contributed by atoms with van der Waals surface area (Å²) in [5.74, 6) is -0.628. The van der Waals surface area contributed by atoms with Gasteiger partial charge in [0, 0.05) is 11.1 Å². The maximum absolute atomic E-state index is 12.3. The van der Waals surface area contributed by atoms with Gasteiger partial charge in [-0.1, -0.05) is 65.1 Å². The zero-order valence-electron chi connectivity index (χ0n) is 13.5. The molecule has 0 unspecified atom stereocenters. The van der Waals surface area contributed by atoms with Gasteiger partial charge in [-0.25, -0.2) is 10.2 Å². The molecule has 1 amide bonds. The van der Waals surface area contributed by atoms with Gasteiger partial charge >= 0.3 is 5.69 Å². The molecule has 1 aromatic heterocycles. The number of carbonyl (C=O) groups is 1. The molecule has 0 fully saturated rings. The van der Waals surface area contributed by atoms with Gasteiger partial charge in [0.15, 0.2) is 0 Å². The third-order valence-corrected chi connectivity index (χ3v) is 4.65. The quantitative estimate of drug-likeness (QED) is 0.377. The number of rotatable bonds is 4. The van der Waals surface area contributed by atoms with Crippen LogP contribution < -0.4 is 11.1 Å². The lowest BCUT2D eigenvalue weighted by atomic mass is 10.1. The van der Waals surface area contributed by atoms with Crippen molar-refractivity contribution in [3.05, 3.63) is 85.3 Å². The molecule has 27 heavy (non-hydrogen) atoms. The van der Waals surface area contributed by atoms with Crippen LogP contribution in [0, 0.1) is 0 Å². The van der Waals surface area contributed by atoms with Gasteiger partial charge < -0.3 is 4.98 Å². The molecular weight excluding hydrogens is 411 g/mol. The van der Waals surface area contributed by atoms with Crippen molar-refractivity contribution < 1.29 is 4.79 Å². The van der Waals surface area contributed by atoms with Crippen molar-refractivity contribution >= 4 is 46.9 Å². The van der Waals surface area contributed by atoms with Crippen LogP contribution in [0.1, 0.15) is 16.1 Å².